The van der Waals surface area contributed by atoms with Crippen LogP contribution in [0.1, 0.15) is 5.56 Å². The molecule has 0 aromatic heterocycles. The third-order valence-electron chi connectivity index (χ3n) is 7.56. The molecule has 11 nitrogen and oxygen atoms in total. The van der Waals surface area contributed by atoms with Crippen molar-refractivity contribution in [2.24, 2.45) is 10.3 Å². The van der Waals surface area contributed by atoms with Crippen LogP contribution in [0.25, 0.3) is 22.3 Å². The Morgan fingerprint density at radius 2 is 0.966 bits per heavy atom. The number of halogens is 2. The molecule has 0 saturated heterocycles. The molecule has 0 fully saturated rings. The molecule has 0 bridgehead atoms. The Hall–Kier alpha value is -3.79. The third-order valence-corrected chi connectivity index (χ3v) is 9.92. The molecule has 302 valence electrons. The van der Waals surface area contributed by atoms with Gasteiger partial charge in [-0.15, -0.1) is 0 Å². The summed E-state index contributed by atoms with van der Waals surface area (Å²) in [6.07, 6.45) is 0. The predicted octanol–water partition coefficient (Wildman–Crippen LogP) is 9.90. The maximum atomic E-state index is 11.8. The van der Waals surface area contributed by atoms with Crippen LogP contribution in [0.15, 0.2) is 148 Å². The van der Waals surface area contributed by atoms with E-state index in [1.165, 1.54) is 24.3 Å². The fraction of sp³-hybridized carbons (Fsp3) is 0.0488. The summed E-state index contributed by atoms with van der Waals surface area (Å²) in [5.74, 6) is 2.70. The number of ether oxygens (including phenoxy) is 4. The minimum Gasteiger partial charge on any atom is -0.497 e. The molecule has 0 unspecified atom stereocenters. The van der Waals surface area contributed by atoms with Crippen LogP contribution in [-0.4, -0.2) is 31.1 Å². The van der Waals surface area contributed by atoms with Gasteiger partial charge >= 0.3 is 0 Å². The van der Waals surface area contributed by atoms with Gasteiger partial charge in [0.15, 0.2) is 0 Å². The summed E-state index contributed by atoms with van der Waals surface area (Å²) in [7, 11) is -4.74. The van der Waals surface area contributed by atoms with Gasteiger partial charge in [-0.3, -0.25) is 4.93 Å². The molecule has 0 aliphatic rings. The van der Waals surface area contributed by atoms with Crippen molar-refractivity contribution in [1.82, 2.24) is 0 Å². The molecule has 6 aromatic carbocycles. The van der Waals surface area contributed by atoms with Gasteiger partial charge in [0, 0.05) is 41.6 Å². The Labute approximate surface area is 386 Å². The first-order chi connectivity index (χ1) is 26.3. The first-order valence-electron chi connectivity index (χ1n) is 15.8. The first kappa shape index (κ1) is 52.2. The number of nitrogens with two attached hydrogens (primary N) is 2. The van der Waals surface area contributed by atoms with E-state index >= 15 is 0 Å². The Bertz CT molecular complexity index is 2530. The maximum Gasteiger partial charge on any atom is 0.241 e. The molecule has 0 heterocycles. The molecule has 0 aliphatic carbocycles. The van der Waals surface area contributed by atoms with Crippen molar-refractivity contribution >= 4 is 58.6 Å². The van der Waals surface area contributed by atoms with Crippen LogP contribution in [0.2, 0.25) is 0 Å². The second kappa shape index (κ2) is 24.3. The molecule has 0 amide bonds. The topological polar surface area (TPSA) is 181 Å². The maximum absolute atomic E-state index is 11.8. The Kier molecular flexibility index (Phi) is 21.9. The van der Waals surface area contributed by atoms with E-state index in [0.29, 0.717) is 16.0 Å². The van der Waals surface area contributed by atoms with E-state index < -0.39 is 20.0 Å². The Morgan fingerprint density at radius 3 is 1.34 bits per heavy atom. The van der Waals surface area contributed by atoms with Gasteiger partial charge in [0.25, 0.3) is 0 Å². The molecular formula is C41H37BrIN3O8S2V2-2. The summed E-state index contributed by atoms with van der Waals surface area (Å²) in [5.41, 5.74) is 3.94. The van der Waals surface area contributed by atoms with Gasteiger partial charge in [-0.25, -0.2) is 27.1 Å². The van der Waals surface area contributed by atoms with Gasteiger partial charge in [-0.05, 0) is 107 Å². The standard InChI is InChI=1S/C20H16N2O4S.C19H16BrNO4S.CH2I.CH3.2V/c1-25-17-8-6-15(7-9-17)16-3-2-4-18(12-16)26-19-10-5-14(13-21)11-20(19)27(22,23)24;1-24-16-8-5-13(6-9-16)14-3-2-4-17(11-14)25-18-10-7-15(20)12-19(18)26(21,22)23;1-2;;;/h2-12H,1H3,(H2,22,23,24);2-12H,1H3,(H2,21,22,23);1H2;1H3;;/q;;2*-1;;. The molecule has 17 heteroatoms. The van der Waals surface area contributed by atoms with Gasteiger partial charge in [-0.2, -0.15) is 5.26 Å². The number of benzene rings is 6. The zero-order chi connectivity index (χ0) is 40.2. The minimum absolute atomic E-state index is 0. The molecule has 4 N–H and O–H groups in total. The van der Waals surface area contributed by atoms with Crippen molar-refractivity contribution in [2.75, 3.05) is 14.2 Å². The summed E-state index contributed by atoms with van der Waals surface area (Å²) < 4.78 is 69.8. The van der Waals surface area contributed by atoms with E-state index in [0.717, 1.165) is 33.8 Å². The summed E-state index contributed by atoms with van der Waals surface area (Å²) in [6.45, 7) is 0. The number of sulfonamides is 2. The molecule has 0 spiro atoms. The minimum atomic E-state index is -4.05. The van der Waals surface area contributed by atoms with E-state index in [-0.39, 0.29) is 71.4 Å². The van der Waals surface area contributed by atoms with Gasteiger partial charge in [0.05, 0.1) is 25.9 Å². The largest absolute Gasteiger partial charge is 0.497 e. The van der Waals surface area contributed by atoms with Gasteiger partial charge in [0.2, 0.25) is 20.0 Å². The first-order valence-corrected chi connectivity index (χ1v) is 21.2. The Morgan fingerprint density at radius 1 is 0.569 bits per heavy atom. The van der Waals surface area contributed by atoms with Crippen molar-refractivity contribution in [2.45, 2.75) is 9.79 Å². The Balaban J connectivity index is 0.000000530. The molecule has 0 aliphatic heterocycles. The zero-order valence-corrected chi connectivity index (χ0v) is 39.4. The molecule has 6 rings (SSSR count). The van der Waals surface area contributed by atoms with Gasteiger partial charge in [0.1, 0.15) is 44.3 Å². The van der Waals surface area contributed by atoms with Crippen LogP contribution < -0.4 is 29.2 Å². The van der Waals surface area contributed by atoms with E-state index in [2.05, 4.69) is 20.9 Å². The van der Waals surface area contributed by atoms with Crippen molar-refractivity contribution < 1.29 is 72.9 Å². The average Bonchev–Trinajstić information content (AvgIpc) is 3.19. The second-order valence-corrected chi connectivity index (χ2v) is 15.1. The molecule has 6 aromatic rings. The van der Waals surface area contributed by atoms with E-state index in [1.54, 1.807) is 50.6 Å². The average molecular weight is 1070 g/mol. The summed E-state index contributed by atoms with van der Waals surface area (Å²) >= 11 is 5.14. The smallest absolute Gasteiger partial charge is 0.241 e. The molecule has 0 atom stereocenters. The van der Waals surface area contributed by atoms with Gasteiger partial charge in [-0.1, -0.05) is 64.5 Å². The van der Waals surface area contributed by atoms with E-state index in [1.807, 2.05) is 101 Å². The van der Waals surface area contributed by atoms with Gasteiger partial charge < -0.3 is 49.0 Å². The number of hydrogen-bond acceptors (Lipinski definition) is 9. The van der Waals surface area contributed by atoms with E-state index in [4.69, 9.17) is 34.5 Å². The van der Waals surface area contributed by atoms with Crippen LogP contribution in [0.3, 0.4) is 0 Å². The van der Waals surface area contributed by atoms with Crippen molar-refractivity contribution in [3.8, 4) is 62.8 Å². The summed E-state index contributed by atoms with van der Waals surface area (Å²) in [4.78, 5) is 2.90. The van der Waals surface area contributed by atoms with Crippen molar-refractivity contribution in [3.63, 3.8) is 0 Å². The normalized spacial score (nSPS) is 10.2. The number of primary sulfonamides is 2. The molecule has 58 heavy (non-hydrogen) atoms. The molecule has 0 saturated carbocycles. The SMILES string of the molecule is COc1ccc(-c2cccc(Oc3ccc(Br)cc3S(N)(=O)=O)c2)cc1.COc1ccc(-c2cccc(Oc3ccc(C#N)cc3S(N)(=O)=O)c2)cc1.[CH2-]I.[CH3-].[V].[V]. The number of hydrogen-bond donors (Lipinski definition) is 2. The van der Waals surface area contributed by atoms with Crippen molar-refractivity contribution in [1.29, 1.82) is 5.26 Å². The quantitative estimate of drug-likeness (QED) is 0.0997. The van der Waals surface area contributed by atoms with Crippen LogP contribution in [0, 0.1) is 23.7 Å². The number of methoxy groups -OCH3 is 2. The fourth-order valence-electron chi connectivity index (χ4n) is 4.97. The van der Waals surface area contributed by atoms with Crippen LogP contribution in [0.5, 0.6) is 34.5 Å². The van der Waals surface area contributed by atoms with Crippen molar-refractivity contribution in [3.05, 3.63) is 156 Å². The summed E-state index contributed by atoms with van der Waals surface area (Å²) in [6, 6.07) is 40.3. The van der Waals surface area contributed by atoms with Crippen LogP contribution in [-0.2, 0) is 57.2 Å². The number of rotatable bonds is 10. The predicted molar refractivity (Wildman–Crippen MR) is 231 cm³/mol. The fourth-order valence-corrected chi connectivity index (χ4v) is 6.85. The third kappa shape index (κ3) is 14.8. The number of nitrogens with zero attached hydrogens (tertiary/aromatic N) is 1. The molecular weight excluding hydrogens is 1040 g/mol. The van der Waals surface area contributed by atoms with Crippen LogP contribution >= 0.6 is 38.5 Å². The molecule has 2 radical (unpaired) electrons. The summed E-state index contributed by atoms with van der Waals surface area (Å²) in [5, 5.41) is 19.5. The zero-order valence-electron chi connectivity index (χ0n) is 31.2. The second-order valence-electron chi connectivity index (χ2n) is 11.2. The monoisotopic (exact) mass is 1070 g/mol. The number of nitriles is 1. The van der Waals surface area contributed by atoms with E-state index in [9.17, 15) is 16.8 Å². The van der Waals surface area contributed by atoms with Crippen LogP contribution in [0.4, 0.5) is 0 Å².